The fourth-order valence-electron chi connectivity index (χ4n) is 3.57. The minimum atomic E-state index is 0.0634. The highest BCUT2D eigenvalue weighted by Crippen LogP contribution is 2.25. The Labute approximate surface area is 168 Å². The first-order valence-electron chi connectivity index (χ1n) is 10.00. The van der Waals surface area contributed by atoms with Gasteiger partial charge in [-0.25, -0.2) is 0 Å². The number of guanidine groups is 1. The zero-order valence-electron chi connectivity index (χ0n) is 17.4. The van der Waals surface area contributed by atoms with E-state index in [-0.39, 0.29) is 12.1 Å². The molecule has 6 heteroatoms. The third-order valence-electron chi connectivity index (χ3n) is 5.15. The number of morpholine rings is 1. The van der Waals surface area contributed by atoms with Gasteiger partial charge < -0.3 is 19.4 Å². The van der Waals surface area contributed by atoms with Gasteiger partial charge in [-0.1, -0.05) is 24.3 Å². The normalized spacial score (nSPS) is 19.1. The van der Waals surface area contributed by atoms with Crippen LogP contribution in [0.2, 0.25) is 0 Å². The molecule has 1 fully saturated rings. The van der Waals surface area contributed by atoms with E-state index in [0.29, 0.717) is 13.2 Å². The molecule has 2 unspecified atom stereocenters. The van der Waals surface area contributed by atoms with E-state index in [1.54, 1.807) is 6.26 Å². The van der Waals surface area contributed by atoms with Gasteiger partial charge in [-0.3, -0.25) is 9.89 Å². The smallest absolute Gasteiger partial charge is 0.194 e. The van der Waals surface area contributed by atoms with Gasteiger partial charge in [0, 0.05) is 13.1 Å². The van der Waals surface area contributed by atoms with Crippen molar-refractivity contribution in [3.05, 3.63) is 59.5 Å². The minimum absolute atomic E-state index is 0.0634. The molecule has 2 atom stereocenters. The number of ether oxygens (including phenoxy) is 1. The van der Waals surface area contributed by atoms with Gasteiger partial charge >= 0.3 is 0 Å². The molecule has 1 N–H and O–H groups in total. The molecule has 6 nitrogen and oxygen atoms in total. The number of hydrogen-bond donors (Lipinski definition) is 1. The summed E-state index contributed by atoms with van der Waals surface area (Å²) < 4.78 is 11.7. The van der Waals surface area contributed by atoms with Gasteiger partial charge in [0.25, 0.3) is 0 Å². The number of aliphatic imine (C=N–C) groups is 1. The fraction of sp³-hybridized carbons (Fsp3) is 0.500. The van der Waals surface area contributed by atoms with E-state index in [1.807, 2.05) is 12.1 Å². The molecule has 0 spiro atoms. The zero-order valence-corrected chi connectivity index (χ0v) is 17.4. The molecule has 2 aromatic rings. The highest BCUT2D eigenvalue weighted by molar-refractivity contribution is 5.80. The summed E-state index contributed by atoms with van der Waals surface area (Å²) in [6.45, 7) is 8.03. The molecule has 1 aromatic carbocycles. The molecule has 0 saturated carbocycles. The van der Waals surface area contributed by atoms with E-state index in [1.165, 1.54) is 11.1 Å². The van der Waals surface area contributed by atoms with Crippen LogP contribution in [-0.4, -0.2) is 62.6 Å². The number of rotatable bonds is 6. The van der Waals surface area contributed by atoms with Crippen molar-refractivity contribution in [1.82, 2.24) is 15.1 Å². The molecule has 2 heterocycles. The van der Waals surface area contributed by atoms with Crippen molar-refractivity contribution in [3.63, 3.8) is 0 Å². The van der Waals surface area contributed by atoms with Crippen LogP contribution in [0.15, 0.2) is 52.1 Å². The lowest BCUT2D eigenvalue weighted by atomic mass is 10.0. The lowest BCUT2D eigenvalue weighted by Gasteiger charge is -2.36. The predicted octanol–water partition coefficient (Wildman–Crippen LogP) is 3.23. The van der Waals surface area contributed by atoms with Crippen molar-refractivity contribution in [3.8, 4) is 0 Å². The van der Waals surface area contributed by atoms with Gasteiger partial charge in [-0.2, -0.15) is 0 Å². The fourth-order valence-corrected chi connectivity index (χ4v) is 3.57. The maximum atomic E-state index is 6.08. The maximum Gasteiger partial charge on any atom is 0.194 e. The van der Waals surface area contributed by atoms with E-state index in [2.05, 4.69) is 67.3 Å². The Morgan fingerprint density at radius 3 is 2.79 bits per heavy atom. The van der Waals surface area contributed by atoms with Crippen LogP contribution in [-0.2, 0) is 4.74 Å². The number of nitrogens with one attached hydrogen (secondary N) is 1. The Morgan fingerprint density at radius 2 is 2.11 bits per heavy atom. The molecular weight excluding hydrogens is 352 g/mol. The monoisotopic (exact) mass is 384 g/mol. The molecule has 28 heavy (non-hydrogen) atoms. The second-order valence-corrected chi connectivity index (χ2v) is 7.35. The van der Waals surface area contributed by atoms with Gasteiger partial charge in [0.2, 0.25) is 0 Å². The van der Waals surface area contributed by atoms with E-state index >= 15 is 0 Å². The summed E-state index contributed by atoms with van der Waals surface area (Å²) in [5, 5.41) is 3.45. The van der Waals surface area contributed by atoms with Crippen molar-refractivity contribution in [2.75, 3.05) is 46.9 Å². The maximum absolute atomic E-state index is 6.08. The van der Waals surface area contributed by atoms with Gasteiger partial charge in [0.1, 0.15) is 11.9 Å². The Balaban J connectivity index is 1.75. The second kappa shape index (κ2) is 9.75. The minimum Gasteiger partial charge on any atom is -0.468 e. The van der Waals surface area contributed by atoms with Crippen LogP contribution >= 0.6 is 0 Å². The van der Waals surface area contributed by atoms with Gasteiger partial charge in [0.05, 0.1) is 32.0 Å². The zero-order chi connectivity index (χ0) is 19.9. The lowest BCUT2D eigenvalue weighted by molar-refractivity contribution is -0.00836. The SMILES string of the molecule is CCNC(=NCC(c1ccco1)N(C)C)N1CCOC(c2ccccc2C)C1. The molecule has 0 bridgehead atoms. The van der Waals surface area contributed by atoms with Crippen LogP contribution in [0.25, 0.3) is 0 Å². The van der Waals surface area contributed by atoms with Crippen molar-refractivity contribution in [2.24, 2.45) is 4.99 Å². The summed E-state index contributed by atoms with van der Waals surface area (Å²) in [6, 6.07) is 12.5. The van der Waals surface area contributed by atoms with E-state index in [9.17, 15) is 0 Å². The van der Waals surface area contributed by atoms with E-state index < -0.39 is 0 Å². The topological polar surface area (TPSA) is 53.2 Å². The molecule has 1 aliphatic rings. The van der Waals surface area contributed by atoms with Crippen LogP contribution < -0.4 is 5.32 Å². The Bertz CT molecular complexity index is 758. The quantitative estimate of drug-likeness (QED) is 0.612. The van der Waals surface area contributed by atoms with Crippen LogP contribution in [0.5, 0.6) is 0 Å². The van der Waals surface area contributed by atoms with Crippen molar-refractivity contribution in [1.29, 1.82) is 0 Å². The first kappa shape index (κ1) is 20.4. The first-order chi connectivity index (χ1) is 13.6. The third-order valence-corrected chi connectivity index (χ3v) is 5.15. The first-order valence-corrected chi connectivity index (χ1v) is 10.00. The number of furan rings is 1. The number of aryl methyl sites for hydroxylation is 1. The van der Waals surface area contributed by atoms with Crippen LogP contribution in [0.4, 0.5) is 0 Å². The summed E-state index contributed by atoms with van der Waals surface area (Å²) in [6.07, 6.45) is 1.78. The summed E-state index contributed by atoms with van der Waals surface area (Å²) in [4.78, 5) is 9.38. The number of benzene rings is 1. The van der Waals surface area contributed by atoms with Crippen molar-refractivity contribution < 1.29 is 9.15 Å². The lowest BCUT2D eigenvalue weighted by Crippen LogP contribution is -2.48. The standard InChI is InChI=1S/C22H32N4O2/c1-5-23-22(24-15-19(25(3)4)20-11-8-13-27-20)26-12-14-28-21(16-26)18-10-7-6-9-17(18)2/h6-11,13,19,21H,5,12,14-16H2,1-4H3,(H,23,24). The van der Waals surface area contributed by atoms with Crippen LogP contribution in [0, 0.1) is 6.92 Å². The molecule has 3 rings (SSSR count). The summed E-state index contributed by atoms with van der Waals surface area (Å²) in [7, 11) is 4.11. The summed E-state index contributed by atoms with van der Waals surface area (Å²) in [5.41, 5.74) is 2.52. The number of nitrogens with zero attached hydrogens (tertiary/aromatic N) is 3. The van der Waals surface area contributed by atoms with E-state index in [0.717, 1.165) is 31.4 Å². The predicted molar refractivity (Wildman–Crippen MR) is 113 cm³/mol. The second-order valence-electron chi connectivity index (χ2n) is 7.35. The average Bonchev–Trinajstić information content (AvgIpc) is 3.22. The summed E-state index contributed by atoms with van der Waals surface area (Å²) in [5.74, 6) is 1.87. The molecule has 1 aromatic heterocycles. The Morgan fingerprint density at radius 1 is 1.29 bits per heavy atom. The average molecular weight is 385 g/mol. The molecular formula is C22H32N4O2. The third kappa shape index (κ3) is 4.94. The highest BCUT2D eigenvalue weighted by atomic mass is 16.5. The molecule has 0 radical (unpaired) electrons. The Kier molecular flexibility index (Phi) is 7.12. The van der Waals surface area contributed by atoms with Gasteiger partial charge in [0.15, 0.2) is 5.96 Å². The van der Waals surface area contributed by atoms with E-state index in [4.69, 9.17) is 14.1 Å². The van der Waals surface area contributed by atoms with Gasteiger partial charge in [-0.15, -0.1) is 0 Å². The molecule has 152 valence electrons. The number of likely N-dealkylation sites (N-methyl/N-ethyl adjacent to an activating group) is 1. The van der Waals surface area contributed by atoms with Crippen molar-refractivity contribution >= 4 is 5.96 Å². The summed E-state index contributed by atoms with van der Waals surface area (Å²) >= 11 is 0. The van der Waals surface area contributed by atoms with Crippen LogP contribution in [0.3, 0.4) is 0 Å². The molecule has 0 amide bonds. The number of hydrogen-bond acceptors (Lipinski definition) is 4. The Hall–Kier alpha value is -2.31. The van der Waals surface area contributed by atoms with Crippen molar-refractivity contribution in [2.45, 2.75) is 26.0 Å². The molecule has 1 saturated heterocycles. The largest absolute Gasteiger partial charge is 0.468 e. The van der Waals surface area contributed by atoms with Gasteiger partial charge in [-0.05, 0) is 51.2 Å². The molecule has 0 aliphatic carbocycles. The van der Waals surface area contributed by atoms with Crippen LogP contribution in [0.1, 0.15) is 36.0 Å². The highest BCUT2D eigenvalue weighted by Gasteiger charge is 2.25. The molecule has 1 aliphatic heterocycles.